The lowest BCUT2D eigenvalue weighted by Crippen LogP contribution is -2.39. The van der Waals surface area contributed by atoms with Crippen LogP contribution in [-0.4, -0.2) is 39.3 Å². The number of nitrogens with zero attached hydrogens (tertiary/aromatic N) is 1. The average molecular weight is 275 g/mol. The molecule has 2 heterocycles. The Morgan fingerprint density at radius 3 is 2.65 bits per heavy atom. The molecular formula is C14H13NO5. The Balaban J connectivity index is 1.97. The van der Waals surface area contributed by atoms with Crippen molar-refractivity contribution in [2.75, 3.05) is 6.79 Å². The quantitative estimate of drug-likeness (QED) is 0.639. The number of aromatic nitrogens is 1. The van der Waals surface area contributed by atoms with E-state index in [1.807, 2.05) is 12.1 Å². The van der Waals surface area contributed by atoms with Gasteiger partial charge in [0.05, 0.1) is 11.8 Å². The van der Waals surface area contributed by atoms with Gasteiger partial charge in [-0.2, -0.15) is 0 Å². The number of rotatable bonds is 0. The van der Waals surface area contributed by atoms with Gasteiger partial charge in [-0.05, 0) is 23.1 Å². The Morgan fingerprint density at radius 1 is 1.10 bits per heavy atom. The second-order valence-electron chi connectivity index (χ2n) is 5.12. The molecule has 0 saturated heterocycles. The molecule has 1 aromatic heterocycles. The molecule has 0 spiro atoms. The summed E-state index contributed by atoms with van der Waals surface area (Å²) in [5.74, 6) is 1.30. The SMILES string of the molecule is O[C@H]1[C@@H](O)Cc2c(ncc3cc4c(cc23)OCO4)[C@@H]1O. The summed E-state index contributed by atoms with van der Waals surface area (Å²) in [6.07, 6.45) is -1.51. The van der Waals surface area contributed by atoms with Gasteiger partial charge in [0.1, 0.15) is 12.2 Å². The summed E-state index contributed by atoms with van der Waals surface area (Å²) in [5, 5.41) is 31.3. The average Bonchev–Trinajstić information content (AvgIpc) is 2.90. The van der Waals surface area contributed by atoms with Crippen LogP contribution in [0.3, 0.4) is 0 Å². The lowest BCUT2D eigenvalue weighted by molar-refractivity contribution is -0.0701. The Morgan fingerprint density at radius 2 is 1.85 bits per heavy atom. The van der Waals surface area contributed by atoms with Gasteiger partial charge < -0.3 is 24.8 Å². The van der Waals surface area contributed by atoms with E-state index in [1.165, 1.54) is 0 Å². The molecular weight excluding hydrogens is 262 g/mol. The lowest BCUT2D eigenvalue weighted by atomic mass is 9.86. The van der Waals surface area contributed by atoms with E-state index in [-0.39, 0.29) is 13.2 Å². The van der Waals surface area contributed by atoms with Gasteiger partial charge in [-0.25, -0.2) is 0 Å². The third-order valence-corrected chi connectivity index (χ3v) is 3.93. The minimum Gasteiger partial charge on any atom is -0.454 e. The Labute approximate surface area is 114 Å². The molecule has 0 amide bonds. The van der Waals surface area contributed by atoms with E-state index < -0.39 is 18.3 Å². The lowest BCUT2D eigenvalue weighted by Gasteiger charge is -2.30. The van der Waals surface area contributed by atoms with Gasteiger partial charge >= 0.3 is 0 Å². The third-order valence-electron chi connectivity index (χ3n) is 3.93. The van der Waals surface area contributed by atoms with Crippen molar-refractivity contribution < 1.29 is 24.8 Å². The van der Waals surface area contributed by atoms with Crippen LogP contribution in [0.25, 0.3) is 10.8 Å². The molecule has 20 heavy (non-hydrogen) atoms. The van der Waals surface area contributed by atoms with E-state index in [4.69, 9.17) is 9.47 Å². The van der Waals surface area contributed by atoms with Gasteiger partial charge in [0.15, 0.2) is 11.5 Å². The standard InChI is InChI=1S/C14H13NO5/c16-9-2-8-7-3-11-10(19-5-20-11)1-6(7)4-15-12(8)14(18)13(9)17/h1,3-4,9,13-14,16-18H,2,5H2/t9-,13-,14-/m0/s1. The predicted molar refractivity (Wildman–Crippen MR) is 68.5 cm³/mol. The van der Waals surface area contributed by atoms with Crippen molar-refractivity contribution in [1.82, 2.24) is 4.98 Å². The Hall–Kier alpha value is -1.89. The number of pyridine rings is 1. The van der Waals surface area contributed by atoms with E-state index >= 15 is 0 Å². The predicted octanol–water partition coefficient (Wildman–Crippen LogP) is 0.275. The molecule has 104 valence electrons. The summed E-state index contributed by atoms with van der Waals surface area (Å²) in [6.45, 7) is 0.186. The van der Waals surface area contributed by atoms with Crippen LogP contribution in [-0.2, 0) is 6.42 Å². The smallest absolute Gasteiger partial charge is 0.231 e. The molecule has 2 aromatic rings. The van der Waals surface area contributed by atoms with E-state index in [9.17, 15) is 15.3 Å². The fourth-order valence-electron chi connectivity index (χ4n) is 2.85. The summed E-state index contributed by atoms with van der Waals surface area (Å²) >= 11 is 0. The number of hydrogen-bond acceptors (Lipinski definition) is 6. The van der Waals surface area contributed by atoms with Crippen molar-refractivity contribution >= 4 is 10.8 Å². The van der Waals surface area contributed by atoms with Crippen molar-refractivity contribution in [3.8, 4) is 11.5 Å². The van der Waals surface area contributed by atoms with Crippen LogP contribution < -0.4 is 9.47 Å². The van der Waals surface area contributed by atoms with Crippen LogP contribution in [0.15, 0.2) is 18.3 Å². The van der Waals surface area contributed by atoms with Crippen LogP contribution in [0.1, 0.15) is 17.4 Å². The third kappa shape index (κ3) is 1.53. The van der Waals surface area contributed by atoms with Crippen LogP contribution in [0.4, 0.5) is 0 Å². The molecule has 0 fully saturated rings. The van der Waals surface area contributed by atoms with E-state index in [1.54, 1.807) is 6.20 Å². The molecule has 0 bridgehead atoms. The summed E-state index contributed by atoms with van der Waals surface area (Å²) < 4.78 is 10.7. The van der Waals surface area contributed by atoms with Gasteiger partial charge in [-0.15, -0.1) is 0 Å². The molecule has 6 heteroatoms. The minimum atomic E-state index is -1.21. The zero-order valence-electron chi connectivity index (χ0n) is 10.5. The van der Waals surface area contributed by atoms with Gasteiger partial charge in [-0.1, -0.05) is 0 Å². The molecule has 1 aliphatic heterocycles. The number of aliphatic hydroxyl groups is 3. The van der Waals surface area contributed by atoms with E-state index in [0.29, 0.717) is 17.2 Å². The Kier molecular flexibility index (Phi) is 2.41. The van der Waals surface area contributed by atoms with Crippen LogP contribution in [0, 0.1) is 0 Å². The normalized spacial score (nSPS) is 27.6. The molecule has 3 N–H and O–H groups in total. The maximum Gasteiger partial charge on any atom is 0.231 e. The van der Waals surface area contributed by atoms with Gasteiger partial charge in [-0.3, -0.25) is 4.98 Å². The number of aliphatic hydroxyl groups excluding tert-OH is 3. The minimum absolute atomic E-state index is 0.186. The van der Waals surface area contributed by atoms with Gasteiger partial charge in [0, 0.05) is 18.0 Å². The summed E-state index contributed by atoms with van der Waals surface area (Å²) in [7, 11) is 0. The number of ether oxygens (including phenoxy) is 2. The topological polar surface area (TPSA) is 92.0 Å². The highest BCUT2D eigenvalue weighted by molar-refractivity contribution is 5.89. The summed E-state index contributed by atoms with van der Waals surface area (Å²) in [6, 6.07) is 3.66. The molecule has 6 nitrogen and oxygen atoms in total. The summed E-state index contributed by atoms with van der Waals surface area (Å²) in [5.41, 5.74) is 1.15. The first-order chi connectivity index (χ1) is 9.65. The van der Waals surface area contributed by atoms with Crippen molar-refractivity contribution in [1.29, 1.82) is 0 Å². The van der Waals surface area contributed by atoms with E-state index in [2.05, 4.69) is 4.98 Å². The molecule has 0 radical (unpaired) electrons. The van der Waals surface area contributed by atoms with Crippen molar-refractivity contribution in [2.45, 2.75) is 24.7 Å². The molecule has 1 aliphatic carbocycles. The van der Waals surface area contributed by atoms with Gasteiger partial charge in [0.25, 0.3) is 0 Å². The van der Waals surface area contributed by atoms with Crippen LogP contribution >= 0.6 is 0 Å². The second kappa shape index (κ2) is 4.05. The molecule has 1 aromatic carbocycles. The molecule has 3 atom stereocenters. The molecule has 4 rings (SSSR count). The molecule has 0 saturated carbocycles. The fraction of sp³-hybridized carbons (Fsp3) is 0.357. The largest absolute Gasteiger partial charge is 0.454 e. The first-order valence-electron chi connectivity index (χ1n) is 6.40. The maximum absolute atomic E-state index is 10.0. The highest BCUT2D eigenvalue weighted by Crippen LogP contribution is 2.40. The zero-order valence-corrected chi connectivity index (χ0v) is 10.5. The maximum atomic E-state index is 10.0. The second-order valence-corrected chi connectivity index (χ2v) is 5.12. The highest BCUT2D eigenvalue weighted by atomic mass is 16.7. The number of benzene rings is 1. The molecule has 2 aliphatic rings. The summed E-state index contributed by atoms with van der Waals surface area (Å²) in [4.78, 5) is 4.22. The first-order valence-corrected chi connectivity index (χ1v) is 6.40. The number of hydrogen-bond donors (Lipinski definition) is 3. The number of fused-ring (bicyclic) bond motifs is 4. The van der Waals surface area contributed by atoms with E-state index in [0.717, 1.165) is 16.3 Å². The van der Waals surface area contributed by atoms with Crippen LogP contribution in [0.2, 0.25) is 0 Å². The van der Waals surface area contributed by atoms with Gasteiger partial charge in [0.2, 0.25) is 6.79 Å². The first kappa shape index (κ1) is 11.9. The van der Waals surface area contributed by atoms with Crippen molar-refractivity contribution in [3.63, 3.8) is 0 Å². The van der Waals surface area contributed by atoms with Crippen LogP contribution in [0.5, 0.6) is 11.5 Å². The molecule has 0 unspecified atom stereocenters. The monoisotopic (exact) mass is 275 g/mol. The van der Waals surface area contributed by atoms with Crippen molar-refractivity contribution in [3.05, 3.63) is 29.6 Å². The zero-order chi connectivity index (χ0) is 13.9. The fourth-order valence-corrected chi connectivity index (χ4v) is 2.85. The highest BCUT2D eigenvalue weighted by Gasteiger charge is 2.35. The Bertz CT molecular complexity index is 702. The van der Waals surface area contributed by atoms with Crippen molar-refractivity contribution in [2.24, 2.45) is 0 Å².